The molecule has 0 bridgehead atoms. The van der Waals surface area contributed by atoms with E-state index in [1.54, 1.807) is 0 Å². The third-order valence-electron chi connectivity index (χ3n) is 1.52. The van der Waals surface area contributed by atoms with Crippen LogP contribution in [0.3, 0.4) is 0 Å². The molecule has 0 N–H and O–H groups in total. The highest BCUT2D eigenvalue weighted by Gasteiger charge is 2.20. The van der Waals surface area contributed by atoms with Gasteiger partial charge in [-0.2, -0.15) is 0 Å². The van der Waals surface area contributed by atoms with Gasteiger partial charge in [0.15, 0.2) is 0 Å². The summed E-state index contributed by atoms with van der Waals surface area (Å²) in [7, 11) is -5.18. The molecule has 0 fully saturated rings. The van der Waals surface area contributed by atoms with Crippen LogP contribution in [0.4, 0.5) is 17.3 Å². The Kier molecular flexibility index (Phi) is 13.4. The summed E-state index contributed by atoms with van der Waals surface area (Å²) < 4.78 is 39.0. The Morgan fingerprint density at radius 1 is 0.857 bits per heavy atom. The molecule has 0 saturated carbocycles. The molecule has 0 amide bonds. The number of halogens is 4. The number of hydrogen-bond acceptors (Lipinski definition) is 0. The summed E-state index contributed by atoms with van der Waals surface area (Å²) in [5.74, 6) is 0. The van der Waals surface area contributed by atoms with E-state index >= 15 is 0 Å². The van der Waals surface area contributed by atoms with E-state index in [4.69, 9.17) is 0 Å². The molecule has 0 nitrogen and oxygen atoms in total. The lowest BCUT2D eigenvalue weighted by atomic mass is 10.3. The third kappa shape index (κ3) is 39.8. The minimum absolute atomic E-state index is 0.818. The lowest BCUT2D eigenvalue weighted by Crippen LogP contribution is -2.02. The van der Waals surface area contributed by atoms with Crippen molar-refractivity contribution in [2.24, 2.45) is 0 Å². The minimum Gasteiger partial charge on any atom is -0.418 e. The van der Waals surface area contributed by atoms with Crippen molar-refractivity contribution in [3.05, 3.63) is 0 Å². The summed E-state index contributed by atoms with van der Waals surface area (Å²) in [5.41, 5.74) is 0. The first-order chi connectivity index (χ1) is 6.41. The minimum atomic E-state index is -6.00. The molecule has 0 aromatic carbocycles. The van der Waals surface area contributed by atoms with Gasteiger partial charge in [0.1, 0.15) is 0 Å². The highest BCUT2D eigenvalue weighted by molar-refractivity contribution is 7.37. The van der Waals surface area contributed by atoms with Gasteiger partial charge in [-0.3, -0.25) is 0 Å². The van der Waals surface area contributed by atoms with Crippen molar-refractivity contribution < 1.29 is 17.3 Å². The summed E-state index contributed by atoms with van der Waals surface area (Å²) in [6, 6.07) is 0. The van der Waals surface area contributed by atoms with Crippen LogP contribution in [0.2, 0.25) is 0 Å². The molecule has 0 saturated heterocycles. The molecule has 0 radical (unpaired) electrons. The fourth-order valence-corrected chi connectivity index (χ4v) is 2.52. The maximum Gasteiger partial charge on any atom is 0.673 e. The smallest absolute Gasteiger partial charge is 0.418 e. The zero-order valence-electron chi connectivity index (χ0n) is 8.91. The summed E-state index contributed by atoms with van der Waals surface area (Å²) in [4.78, 5) is 0. The van der Waals surface area contributed by atoms with Gasteiger partial charge in [0, 0.05) is 0 Å². The molecule has 0 aliphatic carbocycles. The Morgan fingerprint density at radius 2 is 1.14 bits per heavy atom. The lowest BCUT2D eigenvalue weighted by molar-refractivity contribution is 0.368. The highest BCUT2D eigenvalue weighted by atomic mass is 31.1. The Balaban J connectivity index is 0. The SMILES string of the molecule is CCCC[PH2+]CCCC.F[B-](F)(F)F. The topological polar surface area (TPSA) is 0 Å². The molecule has 0 heterocycles. The molecule has 0 rings (SSSR count). The van der Waals surface area contributed by atoms with E-state index in [1.165, 1.54) is 38.0 Å². The van der Waals surface area contributed by atoms with Crippen molar-refractivity contribution in [2.75, 3.05) is 12.3 Å². The zero-order valence-corrected chi connectivity index (χ0v) is 10.1. The van der Waals surface area contributed by atoms with Gasteiger partial charge in [0.25, 0.3) is 0 Å². The molecule has 0 aliphatic heterocycles. The van der Waals surface area contributed by atoms with Gasteiger partial charge in [0.05, 0.1) is 12.3 Å². The first-order valence-electron chi connectivity index (χ1n) is 5.10. The molecule has 0 aromatic rings. The van der Waals surface area contributed by atoms with Crippen LogP contribution in [0.25, 0.3) is 0 Å². The third-order valence-corrected chi connectivity index (χ3v) is 3.16. The molecule has 14 heavy (non-hydrogen) atoms. The monoisotopic (exact) mass is 234 g/mol. The molecular weight excluding hydrogens is 214 g/mol. The van der Waals surface area contributed by atoms with Crippen LogP contribution < -0.4 is 0 Å². The predicted molar refractivity (Wildman–Crippen MR) is 59.4 cm³/mol. The Hall–Kier alpha value is 0.215. The molecule has 88 valence electrons. The standard InChI is InChI=1S/C8H19P.BF4/c1-3-5-7-9-8-6-4-2;2-1(3,4)5/h9H,3-8H2,1-2H3;/q;-1/p+1. The van der Waals surface area contributed by atoms with E-state index in [-0.39, 0.29) is 0 Å². The van der Waals surface area contributed by atoms with Crippen molar-refractivity contribution >= 4 is 15.8 Å². The summed E-state index contributed by atoms with van der Waals surface area (Å²) in [6.45, 7) is 4.55. The number of rotatable bonds is 6. The summed E-state index contributed by atoms with van der Waals surface area (Å²) >= 11 is 0. The molecule has 0 spiro atoms. The van der Waals surface area contributed by atoms with E-state index in [2.05, 4.69) is 13.8 Å². The van der Waals surface area contributed by atoms with Gasteiger partial charge in [-0.1, -0.05) is 26.7 Å². The predicted octanol–water partition coefficient (Wildman–Crippen LogP) is 4.30. The van der Waals surface area contributed by atoms with Gasteiger partial charge in [0.2, 0.25) is 0 Å². The normalized spacial score (nSPS) is 10.7. The van der Waals surface area contributed by atoms with Gasteiger partial charge in [-0.15, -0.1) is 0 Å². The Bertz CT molecular complexity index is 96.0. The Morgan fingerprint density at radius 3 is 1.36 bits per heavy atom. The molecule has 0 atom stereocenters. The van der Waals surface area contributed by atoms with E-state index in [9.17, 15) is 17.3 Å². The van der Waals surface area contributed by atoms with Gasteiger partial charge >= 0.3 is 7.25 Å². The van der Waals surface area contributed by atoms with E-state index < -0.39 is 7.25 Å². The molecular formula is C8H20BF4P. The number of unbranched alkanes of at least 4 members (excludes halogenated alkanes) is 2. The summed E-state index contributed by atoms with van der Waals surface area (Å²) in [5, 5.41) is 0. The fourth-order valence-electron chi connectivity index (χ4n) is 0.841. The maximum atomic E-state index is 9.75. The lowest BCUT2D eigenvalue weighted by Gasteiger charge is -1.94. The molecule has 0 aliphatic rings. The van der Waals surface area contributed by atoms with Crippen LogP contribution in [0.15, 0.2) is 0 Å². The molecule has 6 heteroatoms. The molecule has 0 aromatic heterocycles. The average Bonchev–Trinajstić information content (AvgIpc) is 2.01. The number of hydrogen-bond donors (Lipinski definition) is 0. The quantitative estimate of drug-likeness (QED) is 0.278. The second-order valence-corrected chi connectivity index (χ2v) is 4.80. The van der Waals surface area contributed by atoms with Gasteiger partial charge < -0.3 is 17.3 Å². The van der Waals surface area contributed by atoms with Crippen molar-refractivity contribution in [2.45, 2.75) is 39.5 Å². The van der Waals surface area contributed by atoms with Crippen LogP contribution >= 0.6 is 8.58 Å². The summed E-state index contributed by atoms with van der Waals surface area (Å²) in [6.07, 6.45) is 8.79. The second kappa shape index (κ2) is 11.3. The largest absolute Gasteiger partial charge is 0.673 e. The first kappa shape index (κ1) is 16.6. The fraction of sp³-hybridized carbons (Fsp3) is 1.00. The van der Waals surface area contributed by atoms with Crippen LogP contribution in [0.5, 0.6) is 0 Å². The van der Waals surface area contributed by atoms with Crippen molar-refractivity contribution in [1.29, 1.82) is 0 Å². The van der Waals surface area contributed by atoms with Crippen molar-refractivity contribution in [3.63, 3.8) is 0 Å². The maximum absolute atomic E-state index is 9.75. The molecule has 0 unspecified atom stereocenters. The van der Waals surface area contributed by atoms with E-state index in [0.717, 1.165) is 8.58 Å². The van der Waals surface area contributed by atoms with Crippen LogP contribution in [0, 0.1) is 0 Å². The zero-order chi connectivity index (χ0) is 11.4. The average molecular weight is 234 g/mol. The van der Waals surface area contributed by atoms with E-state index in [1.807, 2.05) is 0 Å². The van der Waals surface area contributed by atoms with Gasteiger partial charge in [-0.25, -0.2) is 0 Å². The first-order valence-corrected chi connectivity index (χ1v) is 6.74. The second-order valence-electron chi connectivity index (χ2n) is 3.07. The Labute approximate surface area is 85.7 Å². The van der Waals surface area contributed by atoms with Crippen LogP contribution in [0.1, 0.15) is 39.5 Å². The highest BCUT2D eigenvalue weighted by Crippen LogP contribution is 2.14. The van der Waals surface area contributed by atoms with Crippen LogP contribution in [-0.2, 0) is 0 Å². The van der Waals surface area contributed by atoms with E-state index in [0.29, 0.717) is 0 Å². The van der Waals surface area contributed by atoms with Crippen LogP contribution in [-0.4, -0.2) is 19.6 Å². The van der Waals surface area contributed by atoms with Crippen molar-refractivity contribution in [1.82, 2.24) is 0 Å². The van der Waals surface area contributed by atoms with Gasteiger partial charge in [-0.05, 0) is 21.4 Å². The van der Waals surface area contributed by atoms with Crippen molar-refractivity contribution in [3.8, 4) is 0 Å².